The zero-order chi connectivity index (χ0) is 16.1. The van der Waals surface area contributed by atoms with Gasteiger partial charge in [-0.1, -0.05) is 0 Å². The van der Waals surface area contributed by atoms with Crippen molar-refractivity contribution in [2.75, 3.05) is 63.9 Å². The first-order valence-electron chi connectivity index (χ1n) is 8.85. The topological polar surface area (TPSA) is 55.9 Å². The summed E-state index contributed by atoms with van der Waals surface area (Å²) in [6.07, 6.45) is 2.56. The number of piperazine rings is 1. The van der Waals surface area contributed by atoms with Crippen LogP contribution in [-0.4, -0.2) is 96.4 Å². The van der Waals surface area contributed by atoms with Crippen LogP contribution in [0.1, 0.15) is 19.3 Å². The molecule has 0 aromatic carbocycles. The molecule has 3 aliphatic heterocycles. The molecule has 0 aliphatic carbocycles. The lowest BCUT2D eigenvalue weighted by atomic mass is 10.2. The summed E-state index contributed by atoms with van der Waals surface area (Å²) in [5.41, 5.74) is 0. The van der Waals surface area contributed by atoms with Gasteiger partial charge in [-0.15, -0.1) is 12.4 Å². The van der Waals surface area contributed by atoms with Gasteiger partial charge in [-0.3, -0.25) is 14.5 Å². The summed E-state index contributed by atoms with van der Waals surface area (Å²) < 4.78 is 0. The number of hydrogen-bond donors (Lipinski definition) is 1. The Morgan fingerprint density at radius 1 is 1.00 bits per heavy atom. The van der Waals surface area contributed by atoms with Gasteiger partial charge in [-0.2, -0.15) is 11.8 Å². The van der Waals surface area contributed by atoms with Gasteiger partial charge in [0.15, 0.2) is 0 Å². The second-order valence-corrected chi connectivity index (χ2v) is 7.74. The van der Waals surface area contributed by atoms with Crippen LogP contribution in [0.2, 0.25) is 0 Å². The molecule has 0 bridgehead atoms. The van der Waals surface area contributed by atoms with E-state index in [1.165, 1.54) is 0 Å². The Hall–Kier alpha value is -0.500. The first kappa shape index (κ1) is 19.8. The van der Waals surface area contributed by atoms with Crippen molar-refractivity contribution in [2.45, 2.75) is 25.3 Å². The highest BCUT2D eigenvalue weighted by Crippen LogP contribution is 2.21. The van der Waals surface area contributed by atoms with Gasteiger partial charge < -0.3 is 15.1 Å². The molecular weight excluding hydrogens is 348 g/mol. The average molecular weight is 377 g/mol. The lowest BCUT2D eigenvalue weighted by Crippen LogP contribution is -2.50. The molecule has 3 saturated heterocycles. The van der Waals surface area contributed by atoms with E-state index in [0.717, 1.165) is 76.7 Å². The number of nitrogens with zero attached hydrogens (tertiary/aromatic N) is 3. The second-order valence-electron chi connectivity index (χ2n) is 6.51. The van der Waals surface area contributed by atoms with Gasteiger partial charge in [0, 0.05) is 63.7 Å². The maximum absolute atomic E-state index is 12.7. The molecule has 0 aromatic rings. The third-order valence-corrected chi connectivity index (χ3v) is 6.00. The van der Waals surface area contributed by atoms with Crippen LogP contribution in [0.15, 0.2) is 0 Å². The van der Waals surface area contributed by atoms with Crippen LogP contribution in [0.5, 0.6) is 0 Å². The predicted molar refractivity (Wildman–Crippen MR) is 99.8 cm³/mol. The summed E-state index contributed by atoms with van der Waals surface area (Å²) in [7, 11) is 0. The van der Waals surface area contributed by atoms with E-state index in [1.807, 2.05) is 21.6 Å². The minimum absolute atomic E-state index is 0. The Bertz CT molecular complexity index is 428. The molecule has 6 nitrogen and oxygen atoms in total. The first-order chi connectivity index (χ1) is 11.3. The zero-order valence-corrected chi connectivity index (χ0v) is 15.9. The van der Waals surface area contributed by atoms with Crippen molar-refractivity contribution in [3.63, 3.8) is 0 Å². The lowest BCUT2D eigenvalue weighted by Gasteiger charge is -2.33. The van der Waals surface area contributed by atoms with Crippen LogP contribution in [0, 0.1) is 0 Å². The average Bonchev–Trinajstić information content (AvgIpc) is 3.09. The minimum atomic E-state index is 0. The number of halogens is 1. The molecule has 0 aromatic heterocycles. The number of carbonyl (C=O) groups is 2. The molecule has 3 rings (SSSR count). The van der Waals surface area contributed by atoms with E-state index in [4.69, 9.17) is 0 Å². The number of rotatable bonds is 4. The predicted octanol–water partition coefficient (Wildman–Crippen LogP) is 0.270. The third-order valence-electron chi connectivity index (χ3n) is 5.05. The van der Waals surface area contributed by atoms with Crippen molar-refractivity contribution in [1.82, 2.24) is 20.0 Å². The standard InChI is InChI=1S/C16H28N4O2S.ClH/c21-15(19-8-4-17-5-9-19)3-7-18-6-1-2-14(18)16(22)20-10-12-23-13-11-20;/h14,17H,1-13H2;1H. The number of amides is 2. The normalized spacial score (nSPS) is 25.4. The Kier molecular flexibility index (Phi) is 8.13. The van der Waals surface area contributed by atoms with Crippen molar-refractivity contribution < 1.29 is 9.59 Å². The molecule has 138 valence electrons. The molecule has 8 heteroatoms. The third kappa shape index (κ3) is 5.00. The lowest BCUT2D eigenvalue weighted by molar-refractivity contribution is -0.137. The molecule has 3 fully saturated rings. The van der Waals surface area contributed by atoms with E-state index >= 15 is 0 Å². The highest BCUT2D eigenvalue weighted by Gasteiger charge is 2.34. The molecule has 0 radical (unpaired) electrons. The summed E-state index contributed by atoms with van der Waals surface area (Å²) in [6.45, 7) is 6.85. The smallest absolute Gasteiger partial charge is 0.239 e. The maximum atomic E-state index is 12.7. The van der Waals surface area contributed by atoms with E-state index in [2.05, 4.69) is 10.2 Å². The highest BCUT2D eigenvalue weighted by atomic mass is 35.5. The Morgan fingerprint density at radius 2 is 1.71 bits per heavy atom. The maximum Gasteiger partial charge on any atom is 0.239 e. The Morgan fingerprint density at radius 3 is 2.42 bits per heavy atom. The number of likely N-dealkylation sites (tertiary alicyclic amines) is 1. The summed E-state index contributed by atoms with van der Waals surface area (Å²) in [6, 6.07) is 0.00826. The monoisotopic (exact) mass is 376 g/mol. The molecule has 2 amide bonds. The number of hydrogen-bond acceptors (Lipinski definition) is 5. The van der Waals surface area contributed by atoms with E-state index < -0.39 is 0 Å². The van der Waals surface area contributed by atoms with Gasteiger partial charge in [0.25, 0.3) is 0 Å². The molecule has 1 N–H and O–H groups in total. The SMILES string of the molecule is Cl.O=C(CCN1CCCC1C(=O)N1CCSCC1)N1CCNCC1. The number of nitrogens with one attached hydrogen (secondary N) is 1. The summed E-state index contributed by atoms with van der Waals surface area (Å²) >= 11 is 1.93. The molecule has 0 saturated carbocycles. The van der Waals surface area contributed by atoms with E-state index in [-0.39, 0.29) is 30.3 Å². The van der Waals surface area contributed by atoms with Crippen LogP contribution < -0.4 is 5.32 Å². The molecule has 0 spiro atoms. The fourth-order valence-electron chi connectivity index (χ4n) is 3.68. The Labute approximate surface area is 155 Å². The fourth-order valence-corrected chi connectivity index (χ4v) is 4.58. The second kappa shape index (κ2) is 9.85. The summed E-state index contributed by atoms with van der Waals surface area (Å²) in [5, 5.41) is 3.27. The van der Waals surface area contributed by atoms with Crippen LogP contribution in [0.3, 0.4) is 0 Å². The minimum Gasteiger partial charge on any atom is -0.340 e. The molecule has 3 heterocycles. The van der Waals surface area contributed by atoms with Gasteiger partial charge in [0.05, 0.1) is 6.04 Å². The van der Waals surface area contributed by atoms with E-state index in [1.54, 1.807) is 0 Å². The van der Waals surface area contributed by atoms with E-state index in [0.29, 0.717) is 6.42 Å². The highest BCUT2D eigenvalue weighted by molar-refractivity contribution is 7.99. The van der Waals surface area contributed by atoms with Crippen molar-refractivity contribution in [3.8, 4) is 0 Å². The molecular formula is C16H29ClN4O2S. The van der Waals surface area contributed by atoms with Crippen LogP contribution >= 0.6 is 24.2 Å². The summed E-state index contributed by atoms with van der Waals surface area (Å²) in [5.74, 6) is 2.64. The molecule has 1 unspecified atom stereocenters. The van der Waals surface area contributed by atoms with Crippen LogP contribution in [0.25, 0.3) is 0 Å². The Balaban J connectivity index is 0.00000208. The zero-order valence-electron chi connectivity index (χ0n) is 14.2. The quantitative estimate of drug-likeness (QED) is 0.763. The van der Waals surface area contributed by atoms with Crippen molar-refractivity contribution in [1.29, 1.82) is 0 Å². The summed E-state index contributed by atoms with van der Waals surface area (Å²) in [4.78, 5) is 31.3. The van der Waals surface area contributed by atoms with Gasteiger partial charge >= 0.3 is 0 Å². The van der Waals surface area contributed by atoms with Crippen molar-refractivity contribution in [3.05, 3.63) is 0 Å². The van der Waals surface area contributed by atoms with E-state index in [9.17, 15) is 9.59 Å². The molecule has 24 heavy (non-hydrogen) atoms. The number of thioether (sulfide) groups is 1. The van der Waals surface area contributed by atoms with Gasteiger partial charge in [0.1, 0.15) is 0 Å². The molecule has 3 aliphatic rings. The van der Waals surface area contributed by atoms with Crippen molar-refractivity contribution >= 4 is 36.0 Å². The van der Waals surface area contributed by atoms with Crippen LogP contribution in [-0.2, 0) is 9.59 Å². The van der Waals surface area contributed by atoms with Crippen LogP contribution in [0.4, 0.5) is 0 Å². The fraction of sp³-hybridized carbons (Fsp3) is 0.875. The number of carbonyl (C=O) groups excluding carboxylic acids is 2. The molecule has 1 atom stereocenters. The van der Waals surface area contributed by atoms with Gasteiger partial charge in [-0.25, -0.2) is 0 Å². The first-order valence-corrected chi connectivity index (χ1v) is 10.0. The van der Waals surface area contributed by atoms with Gasteiger partial charge in [0.2, 0.25) is 11.8 Å². The van der Waals surface area contributed by atoms with Crippen molar-refractivity contribution in [2.24, 2.45) is 0 Å². The van der Waals surface area contributed by atoms with Gasteiger partial charge in [-0.05, 0) is 19.4 Å². The largest absolute Gasteiger partial charge is 0.340 e.